The number of thioether (sulfide) groups is 1. The molecule has 0 aliphatic carbocycles. The van der Waals surface area contributed by atoms with Gasteiger partial charge in [0.2, 0.25) is 0 Å². The van der Waals surface area contributed by atoms with Gasteiger partial charge in [0.1, 0.15) is 5.54 Å². The number of nitrogens with one attached hydrogen (secondary N) is 1. The van der Waals surface area contributed by atoms with E-state index >= 15 is 0 Å². The Bertz CT molecular complexity index is 240. The summed E-state index contributed by atoms with van der Waals surface area (Å²) >= 11 is 1.78. The standard InChI is InChI=1S/C13H26N2OS/c1-5-13(10-14,15-6-2)8-7-9-17-12(4)11(3)16/h11-12,15-16H,5-9H2,1-4H3. The molecular formula is C13H26N2OS. The van der Waals surface area contributed by atoms with Crippen molar-refractivity contribution in [1.82, 2.24) is 5.32 Å². The maximum absolute atomic E-state index is 9.37. The van der Waals surface area contributed by atoms with E-state index in [1.807, 2.05) is 20.8 Å². The molecule has 0 heterocycles. The molecule has 0 rings (SSSR count). The van der Waals surface area contributed by atoms with Gasteiger partial charge in [-0.3, -0.25) is 5.32 Å². The molecule has 0 amide bonds. The molecule has 0 fully saturated rings. The van der Waals surface area contributed by atoms with Gasteiger partial charge in [0.15, 0.2) is 0 Å². The summed E-state index contributed by atoms with van der Waals surface area (Å²) in [5.41, 5.74) is -0.358. The third kappa shape index (κ3) is 6.30. The summed E-state index contributed by atoms with van der Waals surface area (Å²) in [7, 11) is 0. The minimum absolute atomic E-state index is 0.263. The van der Waals surface area contributed by atoms with Crippen LogP contribution in [0.4, 0.5) is 0 Å². The SMILES string of the molecule is CCNC(C#N)(CC)CCCSC(C)C(C)O. The first-order valence-corrected chi connectivity index (χ1v) is 7.52. The number of hydrogen-bond acceptors (Lipinski definition) is 4. The minimum atomic E-state index is -0.358. The quantitative estimate of drug-likeness (QED) is 0.624. The van der Waals surface area contributed by atoms with Crippen LogP contribution in [0.3, 0.4) is 0 Å². The second-order valence-corrected chi connectivity index (χ2v) is 5.98. The zero-order valence-electron chi connectivity index (χ0n) is 11.5. The first-order chi connectivity index (χ1) is 8.01. The number of aliphatic hydroxyl groups is 1. The number of rotatable bonds is 9. The van der Waals surface area contributed by atoms with Crippen LogP contribution in [-0.4, -0.2) is 34.3 Å². The Hall–Kier alpha value is -0.240. The van der Waals surface area contributed by atoms with E-state index in [0.29, 0.717) is 0 Å². The largest absolute Gasteiger partial charge is 0.392 e. The Labute approximate surface area is 110 Å². The van der Waals surface area contributed by atoms with E-state index in [1.54, 1.807) is 11.8 Å². The normalized spacial score (nSPS) is 18.1. The lowest BCUT2D eigenvalue weighted by Crippen LogP contribution is -2.43. The van der Waals surface area contributed by atoms with Crippen molar-refractivity contribution >= 4 is 11.8 Å². The number of nitriles is 1. The molecule has 0 saturated heterocycles. The first-order valence-electron chi connectivity index (χ1n) is 6.47. The van der Waals surface area contributed by atoms with Crippen molar-refractivity contribution in [3.05, 3.63) is 0 Å². The molecule has 0 saturated carbocycles. The summed E-state index contributed by atoms with van der Waals surface area (Å²) in [6.07, 6.45) is 2.47. The molecule has 3 unspecified atom stereocenters. The van der Waals surface area contributed by atoms with E-state index in [4.69, 9.17) is 0 Å². The smallest absolute Gasteiger partial charge is 0.106 e. The van der Waals surface area contributed by atoms with Crippen LogP contribution in [-0.2, 0) is 0 Å². The topological polar surface area (TPSA) is 56.0 Å². The number of hydrogen-bond donors (Lipinski definition) is 2. The molecule has 0 aromatic heterocycles. The first kappa shape index (κ1) is 16.8. The maximum Gasteiger partial charge on any atom is 0.106 e. The van der Waals surface area contributed by atoms with Crippen LogP contribution in [0.15, 0.2) is 0 Å². The second kappa shape index (κ2) is 8.79. The van der Waals surface area contributed by atoms with Crippen molar-refractivity contribution in [2.45, 2.75) is 63.9 Å². The zero-order valence-corrected chi connectivity index (χ0v) is 12.3. The van der Waals surface area contributed by atoms with Gasteiger partial charge in [0, 0.05) is 5.25 Å². The van der Waals surface area contributed by atoms with E-state index in [0.717, 1.165) is 31.6 Å². The molecule has 100 valence electrons. The van der Waals surface area contributed by atoms with Crippen molar-refractivity contribution < 1.29 is 5.11 Å². The van der Waals surface area contributed by atoms with Gasteiger partial charge in [-0.25, -0.2) is 0 Å². The van der Waals surface area contributed by atoms with Gasteiger partial charge in [0.05, 0.1) is 12.2 Å². The lowest BCUT2D eigenvalue weighted by Gasteiger charge is -2.26. The molecule has 0 radical (unpaired) electrons. The zero-order chi connectivity index (χ0) is 13.3. The predicted molar refractivity (Wildman–Crippen MR) is 75.1 cm³/mol. The molecule has 0 aliphatic heterocycles. The summed E-state index contributed by atoms with van der Waals surface area (Å²) in [5, 5.41) is 22.2. The molecule has 17 heavy (non-hydrogen) atoms. The molecule has 0 aromatic rings. The van der Waals surface area contributed by atoms with E-state index in [1.165, 1.54) is 0 Å². The highest BCUT2D eigenvalue weighted by atomic mass is 32.2. The van der Waals surface area contributed by atoms with E-state index in [-0.39, 0.29) is 16.9 Å². The lowest BCUT2D eigenvalue weighted by molar-refractivity contribution is 0.196. The third-order valence-corrected chi connectivity index (χ3v) is 4.58. The third-order valence-electron chi connectivity index (χ3n) is 3.14. The summed E-state index contributed by atoms with van der Waals surface area (Å²) in [6, 6.07) is 2.41. The summed E-state index contributed by atoms with van der Waals surface area (Å²) in [5.74, 6) is 1.00. The van der Waals surface area contributed by atoms with Crippen molar-refractivity contribution in [2.24, 2.45) is 0 Å². The maximum atomic E-state index is 9.37. The van der Waals surface area contributed by atoms with E-state index in [2.05, 4.69) is 18.3 Å². The average Bonchev–Trinajstić information content (AvgIpc) is 2.32. The molecule has 0 bridgehead atoms. The van der Waals surface area contributed by atoms with Crippen LogP contribution in [0.5, 0.6) is 0 Å². The highest BCUT2D eigenvalue weighted by molar-refractivity contribution is 7.99. The Balaban J connectivity index is 3.96. The van der Waals surface area contributed by atoms with E-state index < -0.39 is 0 Å². The molecule has 0 aliphatic rings. The van der Waals surface area contributed by atoms with Crippen molar-refractivity contribution in [3.8, 4) is 6.07 Å². The monoisotopic (exact) mass is 258 g/mol. The van der Waals surface area contributed by atoms with Gasteiger partial charge in [-0.05, 0) is 38.5 Å². The van der Waals surface area contributed by atoms with Crippen molar-refractivity contribution in [2.75, 3.05) is 12.3 Å². The fourth-order valence-electron chi connectivity index (χ4n) is 1.69. The molecule has 3 atom stereocenters. The molecule has 0 aromatic carbocycles. The second-order valence-electron chi connectivity index (χ2n) is 4.50. The van der Waals surface area contributed by atoms with Crippen molar-refractivity contribution in [3.63, 3.8) is 0 Å². The predicted octanol–water partition coefficient (Wildman–Crippen LogP) is 2.55. The van der Waals surface area contributed by atoms with Crippen LogP contribution in [0.2, 0.25) is 0 Å². The van der Waals surface area contributed by atoms with Gasteiger partial charge in [0.25, 0.3) is 0 Å². The highest BCUT2D eigenvalue weighted by Crippen LogP contribution is 2.21. The van der Waals surface area contributed by atoms with Crippen LogP contribution in [0.25, 0.3) is 0 Å². The Kier molecular flexibility index (Phi) is 8.67. The highest BCUT2D eigenvalue weighted by Gasteiger charge is 2.25. The Morgan fingerprint density at radius 3 is 2.47 bits per heavy atom. The van der Waals surface area contributed by atoms with Gasteiger partial charge >= 0.3 is 0 Å². The summed E-state index contributed by atoms with van der Waals surface area (Å²) in [6.45, 7) is 8.78. The minimum Gasteiger partial charge on any atom is -0.392 e. The number of nitrogens with zero attached hydrogens (tertiary/aromatic N) is 1. The summed E-state index contributed by atoms with van der Waals surface area (Å²) in [4.78, 5) is 0. The lowest BCUT2D eigenvalue weighted by atomic mass is 9.92. The van der Waals surface area contributed by atoms with E-state index in [9.17, 15) is 10.4 Å². The average molecular weight is 258 g/mol. The van der Waals surface area contributed by atoms with Gasteiger partial charge in [-0.1, -0.05) is 20.8 Å². The van der Waals surface area contributed by atoms with Crippen molar-refractivity contribution in [1.29, 1.82) is 5.26 Å². The molecule has 0 spiro atoms. The van der Waals surface area contributed by atoms with Gasteiger partial charge in [-0.2, -0.15) is 17.0 Å². The van der Waals surface area contributed by atoms with Crippen LogP contribution in [0, 0.1) is 11.3 Å². The van der Waals surface area contributed by atoms with Crippen LogP contribution < -0.4 is 5.32 Å². The van der Waals surface area contributed by atoms with Crippen LogP contribution >= 0.6 is 11.8 Å². The Morgan fingerprint density at radius 1 is 1.41 bits per heavy atom. The molecular weight excluding hydrogens is 232 g/mol. The fourth-order valence-corrected chi connectivity index (χ4v) is 2.65. The molecule has 4 heteroatoms. The fraction of sp³-hybridized carbons (Fsp3) is 0.923. The van der Waals surface area contributed by atoms with Crippen LogP contribution in [0.1, 0.15) is 47.0 Å². The molecule has 3 nitrogen and oxygen atoms in total. The van der Waals surface area contributed by atoms with Gasteiger partial charge < -0.3 is 5.11 Å². The Morgan fingerprint density at radius 2 is 2.06 bits per heavy atom. The summed E-state index contributed by atoms with van der Waals surface area (Å²) < 4.78 is 0. The van der Waals surface area contributed by atoms with Gasteiger partial charge in [-0.15, -0.1) is 0 Å². The molecule has 2 N–H and O–H groups in total. The number of aliphatic hydroxyl groups excluding tert-OH is 1.